The van der Waals surface area contributed by atoms with Gasteiger partial charge in [-0.25, -0.2) is 4.39 Å². The van der Waals surface area contributed by atoms with E-state index in [1.165, 1.54) is 6.07 Å². The highest BCUT2D eigenvalue weighted by atomic mass is 19.1. The summed E-state index contributed by atoms with van der Waals surface area (Å²) in [4.78, 5) is 13.6. The van der Waals surface area contributed by atoms with E-state index in [1.54, 1.807) is 19.2 Å². The third kappa shape index (κ3) is 1.87. The largest absolute Gasteiger partial charge is 0.369 e. The van der Waals surface area contributed by atoms with Gasteiger partial charge in [0.25, 0.3) is 5.91 Å². The Morgan fingerprint density at radius 2 is 2.06 bits per heavy atom. The summed E-state index contributed by atoms with van der Waals surface area (Å²) in [5.74, 6) is -0.551. The number of anilines is 1. The van der Waals surface area contributed by atoms with Crippen LogP contribution in [0.5, 0.6) is 0 Å². The molecule has 4 heteroatoms. The summed E-state index contributed by atoms with van der Waals surface area (Å²) in [5, 5.41) is 2.54. The Balaban J connectivity index is 2.43. The number of carbonyl (C=O) groups excluding carboxylic acids is 1. The third-order valence-corrected chi connectivity index (χ3v) is 2.88. The minimum atomic E-state index is -0.317. The van der Waals surface area contributed by atoms with Crippen LogP contribution >= 0.6 is 0 Å². The first-order chi connectivity index (χ1) is 7.74. The number of hydrogen-bond acceptors (Lipinski definition) is 2. The SMILES string of the molecule is CNC(=O)c1cccc(F)c1N1CCCC1. The highest BCUT2D eigenvalue weighted by Crippen LogP contribution is 2.27. The number of benzene rings is 1. The molecule has 0 radical (unpaired) electrons. The predicted molar refractivity (Wildman–Crippen MR) is 61.2 cm³/mol. The van der Waals surface area contributed by atoms with Crippen molar-refractivity contribution in [2.75, 3.05) is 25.0 Å². The second-order valence-electron chi connectivity index (χ2n) is 3.91. The van der Waals surface area contributed by atoms with Crippen LogP contribution in [0.25, 0.3) is 0 Å². The molecule has 2 rings (SSSR count). The van der Waals surface area contributed by atoms with E-state index in [1.807, 2.05) is 4.90 Å². The second-order valence-corrected chi connectivity index (χ2v) is 3.91. The zero-order valence-electron chi connectivity index (χ0n) is 9.29. The van der Waals surface area contributed by atoms with Crippen molar-refractivity contribution in [2.24, 2.45) is 0 Å². The van der Waals surface area contributed by atoms with Crippen molar-refractivity contribution < 1.29 is 9.18 Å². The van der Waals surface area contributed by atoms with E-state index in [-0.39, 0.29) is 11.7 Å². The van der Waals surface area contributed by atoms with Gasteiger partial charge < -0.3 is 10.2 Å². The standard InChI is InChI=1S/C12H15FN2O/c1-14-12(16)9-5-4-6-10(13)11(9)15-7-2-3-8-15/h4-6H,2-3,7-8H2,1H3,(H,14,16). The predicted octanol–water partition coefficient (Wildman–Crippen LogP) is 1.79. The number of para-hydroxylation sites is 1. The zero-order valence-corrected chi connectivity index (χ0v) is 9.29. The lowest BCUT2D eigenvalue weighted by Gasteiger charge is -2.21. The van der Waals surface area contributed by atoms with E-state index in [2.05, 4.69) is 5.32 Å². The van der Waals surface area contributed by atoms with Gasteiger partial charge in [-0.05, 0) is 25.0 Å². The molecule has 86 valence electrons. The number of nitrogens with zero attached hydrogens (tertiary/aromatic N) is 1. The quantitative estimate of drug-likeness (QED) is 0.827. The van der Waals surface area contributed by atoms with Crippen LogP contribution in [-0.2, 0) is 0 Å². The van der Waals surface area contributed by atoms with E-state index in [9.17, 15) is 9.18 Å². The third-order valence-electron chi connectivity index (χ3n) is 2.88. The van der Waals surface area contributed by atoms with E-state index in [4.69, 9.17) is 0 Å². The normalized spacial score (nSPS) is 15.2. The van der Waals surface area contributed by atoms with Gasteiger partial charge in [0.2, 0.25) is 0 Å². The molecule has 1 amide bonds. The molecule has 16 heavy (non-hydrogen) atoms. The van der Waals surface area contributed by atoms with E-state index in [0.717, 1.165) is 25.9 Å². The molecule has 1 saturated heterocycles. The molecule has 1 aliphatic heterocycles. The molecule has 0 aliphatic carbocycles. The van der Waals surface area contributed by atoms with Gasteiger partial charge in [-0.1, -0.05) is 6.07 Å². The summed E-state index contributed by atoms with van der Waals surface area (Å²) in [5.41, 5.74) is 0.865. The van der Waals surface area contributed by atoms with Crippen LogP contribution in [0.15, 0.2) is 18.2 Å². The van der Waals surface area contributed by atoms with Crippen LogP contribution in [0.2, 0.25) is 0 Å². The van der Waals surface area contributed by atoms with Crippen LogP contribution in [-0.4, -0.2) is 26.0 Å². The molecule has 0 aromatic heterocycles. The molecule has 0 bridgehead atoms. The molecule has 1 aromatic rings. The van der Waals surface area contributed by atoms with Crippen molar-refractivity contribution in [3.05, 3.63) is 29.6 Å². The first-order valence-electron chi connectivity index (χ1n) is 5.49. The van der Waals surface area contributed by atoms with Crippen molar-refractivity contribution >= 4 is 11.6 Å². The topological polar surface area (TPSA) is 32.3 Å². The molecule has 0 unspecified atom stereocenters. The maximum absolute atomic E-state index is 13.8. The highest BCUT2D eigenvalue weighted by Gasteiger charge is 2.22. The average molecular weight is 222 g/mol. The van der Waals surface area contributed by atoms with Crippen LogP contribution < -0.4 is 10.2 Å². The Morgan fingerprint density at radius 1 is 1.38 bits per heavy atom. The van der Waals surface area contributed by atoms with Crippen LogP contribution in [0.1, 0.15) is 23.2 Å². The summed E-state index contributed by atoms with van der Waals surface area (Å²) < 4.78 is 13.8. The van der Waals surface area contributed by atoms with Crippen molar-refractivity contribution in [2.45, 2.75) is 12.8 Å². The van der Waals surface area contributed by atoms with Crippen molar-refractivity contribution in [1.29, 1.82) is 0 Å². The molecular formula is C12H15FN2O. The number of nitrogens with one attached hydrogen (secondary N) is 1. The summed E-state index contributed by atoms with van der Waals surface area (Å²) in [6.07, 6.45) is 2.11. The van der Waals surface area contributed by atoms with E-state index < -0.39 is 0 Å². The van der Waals surface area contributed by atoms with Gasteiger partial charge in [-0.2, -0.15) is 0 Å². The van der Waals surface area contributed by atoms with Crippen LogP contribution in [0.4, 0.5) is 10.1 Å². The number of hydrogen-bond donors (Lipinski definition) is 1. The number of halogens is 1. The fraction of sp³-hybridized carbons (Fsp3) is 0.417. The average Bonchev–Trinajstić information content (AvgIpc) is 2.81. The Kier molecular flexibility index (Phi) is 3.08. The summed E-state index contributed by atoms with van der Waals surface area (Å²) >= 11 is 0. The van der Waals surface area contributed by atoms with Gasteiger partial charge in [0.15, 0.2) is 0 Å². The zero-order chi connectivity index (χ0) is 11.5. The summed E-state index contributed by atoms with van der Waals surface area (Å²) in [6, 6.07) is 4.63. The number of carbonyl (C=O) groups is 1. The molecular weight excluding hydrogens is 207 g/mol. The monoisotopic (exact) mass is 222 g/mol. The van der Waals surface area contributed by atoms with Crippen molar-refractivity contribution in [3.8, 4) is 0 Å². The molecule has 1 aliphatic rings. The van der Waals surface area contributed by atoms with Crippen LogP contribution in [0, 0.1) is 5.82 Å². The summed E-state index contributed by atoms with van der Waals surface area (Å²) in [6.45, 7) is 1.65. The Bertz CT molecular complexity index is 400. The lowest BCUT2D eigenvalue weighted by Crippen LogP contribution is -2.26. The minimum absolute atomic E-state index is 0.235. The minimum Gasteiger partial charge on any atom is -0.369 e. The van der Waals surface area contributed by atoms with Gasteiger partial charge in [-0.3, -0.25) is 4.79 Å². The lowest BCUT2D eigenvalue weighted by molar-refractivity contribution is 0.0963. The second kappa shape index (κ2) is 4.51. The highest BCUT2D eigenvalue weighted by molar-refractivity contribution is 5.99. The number of amides is 1. The van der Waals surface area contributed by atoms with Crippen LogP contribution in [0.3, 0.4) is 0 Å². The Hall–Kier alpha value is -1.58. The smallest absolute Gasteiger partial charge is 0.253 e. The van der Waals surface area contributed by atoms with Crippen molar-refractivity contribution in [3.63, 3.8) is 0 Å². The lowest BCUT2D eigenvalue weighted by atomic mass is 10.1. The Morgan fingerprint density at radius 3 is 2.69 bits per heavy atom. The molecule has 1 N–H and O–H groups in total. The molecule has 1 fully saturated rings. The maximum atomic E-state index is 13.8. The molecule has 1 aromatic carbocycles. The molecule has 0 atom stereocenters. The van der Waals surface area contributed by atoms with E-state index in [0.29, 0.717) is 11.3 Å². The fourth-order valence-electron chi connectivity index (χ4n) is 2.10. The molecule has 0 saturated carbocycles. The Labute approximate surface area is 94.3 Å². The fourth-order valence-corrected chi connectivity index (χ4v) is 2.10. The number of rotatable bonds is 2. The van der Waals surface area contributed by atoms with Gasteiger partial charge >= 0.3 is 0 Å². The first kappa shape index (κ1) is 10.9. The van der Waals surface area contributed by atoms with Gasteiger partial charge in [0.1, 0.15) is 5.82 Å². The maximum Gasteiger partial charge on any atom is 0.253 e. The summed E-state index contributed by atoms with van der Waals surface area (Å²) in [7, 11) is 1.56. The first-order valence-corrected chi connectivity index (χ1v) is 5.49. The molecule has 1 heterocycles. The van der Waals surface area contributed by atoms with E-state index >= 15 is 0 Å². The molecule has 3 nitrogen and oxygen atoms in total. The van der Waals surface area contributed by atoms with Gasteiger partial charge in [0, 0.05) is 20.1 Å². The van der Waals surface area contributed by atoms with Gasteiger partial charge in [0.05, 0.1) is 11.3 Å². The van der Waals surface area contributed by atoms with Gasteiger partial charge in [-0.15, -0.1) is 0 Å². The molecule has 0 spiro atoms. The van der Waals surface area contributed by atoms with Crippen molar-refractivity contribution in [1.82, 2.24) is 5.32 Å².